The fourth-order valence-corrected chi connectivity index (χ4v) is 4.58. The van der Waals surface area contributed by atoms with E-state index >= 15 is 0 Å². The molecular formula is C28H30N2O3. The first-order valence-corrected chi connectivity index (χ1v) is 11.3. The normalized spacial score (nSPS) is 18.8. The molecule has 0 aromatic heterocycles. The van der Waals surface area contributed by atoms with Crippen LogP contribution in [0.15, 0.2) is 91.0 Å². The van der Waals surface area contributed by atoms with E-state index in [1.807, 2.05) is 97.9 Å². The van der Waals surface area contributed by atoms with E-state index in [9.17, 15) is 14.7 Å². The number of benzene rings is 3. The number of nitrogens with zero attached hydrogens (tertiary/aromatic N) is 2. The number of hydrogen-bond donors (Lipinski definition) is 1. The quantitative estimate of drug-likeness (QED) is 0.569. The molecule has 2 atom stereocenters. The van der Waals surface area contributed by atoms with Gasteiger partial charge in [-0.05, 0) is 23.6 Å². The van der Waals surface area contributed by atoms with E-state index in [1.54, 1.807) is 9.80 Å². The molecule has 5 nitrogen and oxygen atoms in total. The summed E-state index contributed by atoms with van der Waals surface area (Å²) >= 11 is 0. The zero-order chi connectivity index (χ0) is 23.3. The first-order chi connectivity index (χ1) is 16.0. The van der Waals surface area contributed by atoms with Gasteiger partial charge in [0.2, 0.25) is 11.8 Å². The van der Waals surface area contributed by atoms with Crippen molar-refractivity contribution in [2.24, 2.45) is 5.41 Å². The van der Waals surface area contributed by atoms with Crippen molar-refractivity contribution in [1.82, 2.24) is 9.80 Å². The van der Waals surface area contributed by atoms with Crippen LogP contribution in [0.2, 0.25) is 0 Å². The van der Waals surface area contributed by atoms with E-state index in [-0.39, 0.29) is 37.4 Å². The molecule has 3 aromatic rings. The Morgan fingerprint density at radius 1 is 0.909 bits per heavy atom. The van der Waals surface area contributed by atoms with Gasteiger partial charge in [0.05, 0.1) is 18.1 Å². The predicted molar refractivity (Wildman–Crippen MR) is 128 cm³/mol. The number of aliphatic hydroxyl groups is 1. The highest BCUT2D eigenvalue weighted by Crippen LogP contribution is 2.38. The lowest BCUT2D eigenvalue weighted by atomic mass is 9.85. The van der Waals surface area contributed by atoms with Gasteiger partial charge in [-0.25, -0.2) is 0 Å². The molecule has 0 bridgehead atoms. The molecule has 0 spiro atoms. The molecule has 0 aliphatic carbocycles. The molecular weight excluding hydrogens is 412 g/mol. The Balaban J connectivity index is 1.61. The summed E-state index contributed by atoms with van der Waals surface area (Å²) in [6.45, 7) is 2.64. The van der Waals surface area contributed by atoms with Crippen LogP contribution in [0.1, 0.15) is 36.1 Å². The molecule has 5 heteroatoms. The third kappa shape index (κ3) is 4.99. The summed E-state index contributed by atoms with van der Waals surface area (Å²) < 4.78 is 0. The topological polar surface area (TPSA) is 60.9 Å². The second kappa shape index (κ2) is 10.0. The lowest BCUT2D eigenvalue weighted by Crippen LogP contribution is -2.47. The summed E-state index contributed by atoms with van der Waals surface area (Å²) in [5, 5.41) is 10.4. The monoisotopic (exact) mass is 442 g/mol. The molecule has 0 radical (unpaired) electrons. The minimum Gasteiger partial charge on any atom is -0.395 e. The Kier molecular flexibility index (Phi) is 6.90. The number of rotatable bonds is 8. The summed E-state index contributed by atoms with van der Waals surface area (Å²) in [5.41, 5.74) is 1.88. The van der Waals surface area contributed by atoms with Crippen molar-refractivity contribution in [1.29, 1.82) is 0 Å². The van der Waals surface area contributed by atoms with Crippen LogP contribution in [0, 0.1) is 5.41 Å². The molecule has 1 N–H and O–H groups in total. The first-order valence-electron chi connectivity index (χ1n) is 11.3. The van der Waals surface area contributed by atoms with Gasteiger partial charge in [0.25, 0.3) is 0 Å². The Morgan fingerprint density at radius 3 is 1.88 bits per heavy atom. The van der Waals surface area contributed by atoms with Crippen LogP contribution in [-0.2, 0) is 22.7 Å². The maximum atomic E-state index is 13.9. The molecule has 1 saturated heterocycles. The predicted octanol–water partition coefficient (Wildman–Crippen LogP) is 4.19. The van der Waals surface area contributed by atoms with Gasteiger partial charge in [-0.15, -0.1) is 0 Å². The molecule has 0 saturated carbocycles. The molecule has 1 aliphatic heterocycles. The van der Waals surface area contributed by atoms with Crippen LogP contribution in [0.3, 0.4) is 0 Å². The van der Waals surface area contributed by atoms with Gasteiger partial charge >= 0.3 is 0 Å². The number of hydrogen-bond acceptors (Lipinski definition) is 3. The molecule has 2 amide bonds. The van der Waals surface area contributed by atoms with Crippen LogP contribution < -0.4 is 0 Å². The zero-order valence-electron chi connectivity index (χ0n) is 18.9. The van der Waals surface area contributed by atoms with Gasteiger partial charge < -0.3 is 14.9 Å². The van der Waals surface area contributed by atoms with Crippen molar-refractivity contribution in [2.75, 3.05) is 13.2 Å². The average molecular weight is 443 g/mol. The first kappa shape index (κ1) is 22.7. The minimum absolute atomic E-state index is 0.0135. The Hall–Kier alpha value is -3.44. The molecule has 0 unspecified atom stereocenters. The fourth-order valence-electron chi connectivity index (χ4n) is 4.58. The highest BCUT2D eigenvalue weighted by molar-refractivity contribution is 5.93. The van der Waals surface area contributed by atoms with Crippen LogP contribution in [0.25, 0.3) is 0 Å². The van der Waals surface area contributed by atoms with Gasteiger partial charge in [0, 0.05) is 26.1 Å². The van der Waals surface area contributed by atoms with Crippen LogP contribution in [0.4, 0.5) is 0 Å². The number of carbonyl (C=O) groups is 2. The third-order valence-electron chi connectivity index (χ3n) is 6.51. The number of aliphatic hydroxyl groups excluding tert-OH is 1. The molecule has 3 aromatic carbocycles. The van der Waals surface area contributed by atoms with Crippen molar-refractivity contribution in [3.8, 4) is 0 Å². The number of amides is 2. The highest BCUT2D eigenvalue weighted by Gasteiger charge is 2.51. The SMILES string of the molecule is C[C@@H](c1ccccc1)N1C[C@@](CO)(C(=O)N(Cc2ccccc2)Cc2ccccc2)CC1=O. The molecule has 1 fully saturated rings. The van der Waals surface area contributed by atoms with Crippen molar-refractivity contribution >= 4 is 11.8 Å². The standard InChI is InChI=1S/C28H30N2O3/c1-22(25-15-9-4-10-16-25)30-20-28(21-31,17-26(30)32)27(33)29(18-23-11-5-2-6-12-23)19-24-13-7-3-8-14-24/h2-16,22,31H,17-21H2,1H3/t22-,28-/m0/s1. The Bertz CT molecular complexity index is 1030. The van der Waals surface area contributed by atoms with E-state index in [0.29, 0.717) is 13.1 Å². The minimum atomic E-state index is -1.15. The van der Waals surface area contributed by atoms with E-state index in [0.717, 1.165) is 16.7 Å². The second-order valence-corrected chi connectivity index (χ2v) is 8.86. The van der Waals surface area contributed by atoms with Gasteiger partial charge in [-0.2, -0.15) is 0 Å². The van der Waals surface area contributed by atoms with Crippen molar-refractivity contribution in [2.45, 2.75) is 32.5 Å². The molecule has 170 valence electrons. The summed E-state index contributed by atoms with van der Waals surface area (Å²) in [6, 6.07) is 29.3. The lowest BCUT2D eigenvalue weighted by molar-refractivity contribution is -0.146. The average Bonchev–Trinajstić information content (AvgIpc) is 3.22. The maximum Gasteiger partial charge on any atom is 0.234 e. The zero-order valence-corrected chi connectivity index (χ0v) is 18.9. The third-order valence-corrected chi connectivity index (χ3v) is 6.51. The number of likely N-dealkylation sites (tertiary alicyclic amines) is 1. The molecule has 33 heavy (non-hydrogen) atoms. The lowest BCUT2D eigenvalue weighted by Gasteiger charge is -2.34. The summed E-state index contributed by atoms with van der Waals surface area (Å²) in [5.74, 6) is -0.290. The second-order valence-electron chi connectivity index (χ2n) is 8.86. The van der Waals surface area contributed by atoms with E-state index in [1.165, 1.54) is 0 Å². The maximum absolute atomic E-state index is 13.9. The Labute approximate surface area is 195 Å². The molecule has 1 aliphatic rings. The fraction of sp³-hybridized carbons (Fsp3) is 0.286. The van der Waals surface area contributed by atoms with Gasteiger partial charge in [-0.1, -0.05) is 91.0 Å². The van der Waals surface area contributed by atoms with E-state index in [2.05, 4.69) is 0 Å². The summed E-state index contributed by atoms with van der Waals surface area (Å²) in [7, 11) is 0. The Morgan fingerprint density at radius 2 is 1.39 bits per heavy atom. The summed E-state index contributed by atoms with van der Waals surface area (Å²) in [4.78, 5) is 30.5. The molecule has 1 heterocycles. The molecule has 4 rings (SSSR count). The van der Waals surface area contributed by atoms with Gasteiger partial charge in [0.1, 0.15) is 0 Å². The van der Waals surface area contributed by atoms with Crippen molar-refractivity contribution in [3.63, 3.8) is 0 Å². The van der Waals surface area contributed by atoms with Crippen molar-refractivity contribution < 1.29 is 14.7 Å². The highest BCUT2D eigenvalue weighted by atomic mass is 16.3. The van der Waals surface area contributed by atoms with Crippen LogP contribution >= 0.6 is 0 Å². The van der Waals surface area contributed by atoms with E-state index in [4.69, 9.17) is 0 Å². The summed E-state index contributed by atoms with van der Waals surface area (Å²) in [6.07, 6.45) is 0.0135. The largest absolute Gasteiger partial charge is 0.395 e. The number of carbonyl (C=O) groups excluding carboxylic acids is 2. The van der Waals surface area contributed by atoms with Gasteiger partial charge in [-0.3, -0.25) is 9.59 Å². The van der Waals surface area contributed by atoms with Crippen LogP contribution in [0.5, 0.6) is 0 Å². The van der Waals surface area contributed by atoms with Gasteiger partial charge in [0.15, 0.2) is 0 Å². The smallest absolute Gasteiger partial charge is 0.234 e. The van der Waals surface area contributed by atoms with E-state index < -0.39 is 5.41 Å². The van der Waals surface area contributed by atoms with Crippen LogP contribution in [-0.4, -0.2) is 39.9 Å². The van der Waals surface area contributed by atoms with Crippen molar-refractivity contribution in [3.05, 3.63) is 108 Å².